The van der Waals surface area contributed by atoms with E-state index in [1.165, 1.54) is 12.8 Å². The van der Waals surface area contributed by atoms with E-state index in [0.717, 1.165) is 29.6 Å². The maximum atomic E-state index is 12.1. The predicted octanol–water partition coefficient (Wildman–Crippen LogP) is 1.85. The van der Waals surface area contributed by atoms with Crippen LogP contribution < -0.4 is 0 Å². The molecule has 0 radical (unpaired) electrons. The van der Waals surface area contributed by atoms with Crippen molar-refractivity contribution in [3.63, 3.8) is 0 Å². The number of hydrogen-bond donors (Lipinski definition) is 0. The average Bonchev–Trinajstić information content (AvgIpc) is 2.70. The SMILES string of the molecule is O=C1[C@H]2[C@H]3C[C@H]4[C@H]5C[C@](Br)([C@@H]42)[C@H]1[C@H]53. The molecule has 6 aliphatic rings. The first kappa shape index (κ1) is 6.60. The highest BCUT2D eigenvalue weighted by Gasteiger charge is 2.85. The van der Waals surface area contributed by atoms with Crippen LogP contribution in [0.5, 0.6) is 0 Å². The van der Waals surface area contributed by atoms with Gasteiger partial charge in [0, 0.05) is 16.2 Å². The van der Waals surface area contributed by atoms with Gasteiger partial charge in [-0.25, -0.2) is 0 Å². The van der Waals surface area contributed by atoms with Crippen LogP contribution in [0.4, 0.5) is 0 Å². The third-order valence-electron chi connectivity index (χ3n) is 6.03. The van der Waals surface area contributed by atoms with Crippen LogP contribution in [0.2, 0.25) is 0 Å². The molecule has 6 bridgehead atoms. The smallest absolute Gasteiger partial charge is 0.141 e. The largest absolute Gasteiger partial charge is 0.299 e. The van der Waals surface area contributed by atoms with Gasteiger partial charge in [0.25, 0.3) is 0 Å². The molecule has 68 valence electrons. The van der Waals surface area contributed by atoms with Crippen LogP contribution in [0.3, 0.4) is 0 Å². The van der Waals surface area contributed by atoms with Crippen LogP contribution in [-0.2, 0) is 4.79 Å². The molecule has 0 aromatic heterocycles. The van der Waals surface area contributed by atoms with Crippen LogP contribution in [0.15, 0.2) is 0 Å². The fourth-order valence-electron chi connectivity index (χ4n) is 6.19. The van der Waals surface area contributed by atoms with E-state index in [9.17, 15) is 4.79 Å². The number of alkyl halides is 1. The van der Waals surface area contributed by atoms with Crippen molar-refractivity contribution >= 4 is 21.7 Å². The Kier molecular flexibility index (Phi) is 0.742. The monoisotopic (exact) mass is 238 g/mol. The van der Waals surface area contributed by atoms with Gasteiger partial charge in [-0.05, 0) is 42.4 Å². The average molecular weight is 239 g/mol. The van der Waals surface area contributed by atoms with Crippen LogP contribution >= 0.6 is 15.9 Å². The summed E-state index contributed by atoms with van der Waals surface area (Å²) in [7, 11) is 0. The first-order valence-corrected chi connectivity index (χ1v) is 6.25. The highest BCUT2D eigenvalue weighted by atomic mass is 79.9. The fourth-order valence-corrected chi connectivity index (χ4v) is 7.72. The third-order valence-corrected chi connectivity index (χ3v) is 7.38. The molecule has 13 heavy (non-hydrogen) atoms. The summed E-state index contributed by atoms with van der Waals surface area (Å²) < 4.78 is 0.307. The van der Waals surface area contributed by atoms with Crippen molar-refractivity contribution < 1.29 is 4.79 Å². The zero-order chi connectivity index (χ0) is 8.53. The molecule has 0 aromatic carbocycles. The first-order valence-electron chi connectivity index (χ1n) is 5.46. The lowest BCUT2D eigenvalue weighted by atomic mass is 9.71. The number of carbonyl (C=O) groups is 1. The zero-order valence-electron chi connectivity index (χ0n) is 7.24. The predicted molar refractivity (Wildman–Crippen MR) is 50.3 cm³/mol. The van der Waals surface area contributed by atoms with E-state index in [-0.39, 0.29) is 0 Å². The minimum Gasteiger partial charge on any atom is -0.299 e. The van der Waals surface area contributed by atoms with Gasteiger partial charge >= 0.3 is 0 Å². The van der Waals surface area contributed by atoms with Crippen LogP contribution in [0.1, 0.15) is 12.8 Å². The molecule has 6 rings (SSSR count). The molecule has 0 heterocycles. The molecule has 1 nitrogen and oxygen atoms in total. The van der Waals surface area contributed by atoms with Crippen molar-refractivity contribution in [3.05, 3.63) is 0 Å². The summed E-state index contributed by atoms with van der Waals surface area (Å²) in [5, 5.41) is 0. The number of rotatable bonds is 0. The van der Waals surface area contributed by atoms with E-state index in [1.807, 2.05) is 0 Å². The Hall–Kier alpha value is 0.150. The van der Waals surface area contributed by atoms with Gasteiger partial charge in [-0.15, -0.1) is 0 Å². The molecule has 2 heteroatoms. The lowest BCUT2D eigenvalue weighted by Gasteiger charge is -2.37. The number of ketones is 1. The molecule has 6 fully saturated rings. The van der Waals surface area contributed by atoms with Gasteiger partial charge in [0.15, 0.2) is 0 Å². The van der Waals surface area contributed by atoms with E-state index in [4.69, 9.17) is 0 Å². The van der Waals surface area contributed by atoms with Gasteiger partial charge in [-0.2, -0.15) is 0 Å². The topological polar surface area (TPSA) is 17.1 Å². The summed E-state index contributed by atoms with van der Waals surface area (Å²) in [5.41, 5.74) is 0. The Morgan fingerprint density at radius 2 is 2.15 bits per heavy atom. The van der Waals surface area contributed by atoms with E-state index in [0.29, 0.717) is 21.9 Å². The molecule has 6 aliphatic carbocycles. The van der Waals surface area contributed by atoms with Crippen LogP contribution in [0, 0.1) is 41.4 Å². The van der Waals surface area contributed by atoms with Gasteiger partial charge in [0.2, 0.25) is 0 Å². The van der Waals surface area contributed by atoms with Crippen molar-refractivity contribution in [1.29, 1.82) is 0 Å². The Balaban J connectivity index is 1.94. The van der Waals surface area contributed by atoms with Gasteiger partial charge in [-0.3, -0.25) is 4.79 Å². The van der Waals surface area contributed by atoms with E-state index in [2.05, 4.69) is 15.9 Å². The molecule has 0 aromatic rings. The molecule has 0 amide bonds. The Morgan fingerprint density at radius 3 is 2.92 bits per heavy atom. The van der Waals surface area contributed by atoms with Gasteiger partial charge in [0.05, 0.1) is 0 Å². The number of halogens is 1. The van der Waals surface area contributed by atoms with E-state index < -0.39 is 0 Å². The summed E-state index contributed by atoms with van der Waals surface area (Å²) in [6, 6.07) is 0. The van der Waals surface area contributed by atoms with Crippen molar-refractivity contribution in [3.8, 4) is 0 Å². The molecule has 0 aliphatic heterocycles. The molecular weight excluding hydrogens is 228 g/mol. The highest BCUT2D eigenvalue weighted by Crippen LogP contribution is 2.84. The van der Waals surface area contributed by atoms with Gasteiger partial charge in [0.1, 0.15) is 5.78 Å². The Labute approximate surface area is 85.4 Å². The standard InChI is InChI=1S/C11H11BrO/c12-11-2-5-3-1-4-6(5)9(11)10(13)7(4)8(3)11/h3-9H,1-2H2/t3-,4-,5+,6-,7-,8-,9-,11-/m0/s1. The highest BCUT2D eigenvalue weighted by molar-refractivity contribution is 9.10. The van der Waals surface area contributed by atoms with Crippen molar-refractivity contribution in [2.75, 3.05) is 0 Å². The molecular formula is C11H11BrO. The molecule has 0 saturated heterocycles. The summed E-state index contributed by atoms with van der Waals surface area (Å²) in [4.78, 5) is 12.1. The molecule has 0 unspecified atom stereocenters. The fraction of sp³-hybridized carbons (Fsp3) is 0.909. The Bertz CT molecular complexity index is 365. The third kappa shape index (κ3) is 0.383. The minimum atomic E-state index is 0.307. The number of Topliss-reactive ketones (excluding diaryl/α,β-unsaturated/α-hetero) is 1. The van der Waals surface area contributed by atoms with Crippen LogP contribution in [-0.4, -0.2) is 10.1 Å². The first-order chi connectivity index (χ1) is 6.23. The van der Waals surface area contributed by atoms with Crippen molar-refractivity contribution in [2.45, 2.75) is 17.2 Å². The zero-order valence-corrected chi connectivity index (χ0v) is 8.83. The number of carbonyl (C=O) groups excluding carboxylic acids is 1. The summed E-state index contributed by atoms with van der Waals surface area (Å²) in [6.45, 7) is 0. The summed E-state index contributed by atoms with van der Waals surface area (Å²) in [6.07, 6.45) is 2.73. The lowest BCUT2D eigenvalue weighted by molar-refractivity contribution is -0.122. The molecule has 0 N–H and O–H groups in total. The second-order valence-electron chi connectivity index (χ2n) is 5.87. The molecule has 8 atom stereocenters. The summed E-state index contributed by atoms with van der Waals surface area (Å²) in [5.74, 6) is 5.94. The lowest BCUT2D eigenvalue weighted by Crippen LogP contribution is -2.39. The van der Waals surface area contributed by atoms with Gasteiger partial charge in [-0.1, -0.05) is 15.9 Å². The maximum Gasteiger partial charge on any atom is 0.141 e. The van der Waals surface area contributed by atoms with Crippen LogP contribution in [0.25, 0.3) is 0 Å². The molecule has 6 saturated carbocycles. The normalized spacial score (nSPS) is 79.8. The van der Waals surface area contributed by atoms with Crippen molar-refractivity contribution in [1.82, 2.24) is 0 Å². The van der Waals surface area contributed by atoms with E-state index in [1.54, 1.807) is 0 Å². The number of hydrogen-bond acceptors (Lipinski definition) is 1. The second-order valence-corrected chi connectivity index (χ2v) is 7.34. The minimum absolute atomic E-state index is 0.307. The quantitative estimate of drug-likeness (QED) is 0.589. The van der Waals surface area contributed by atoms with Crippen molar-refractivity contribution in [2.24, 2.45) is 41.4 Å². The van der Waals surface area contributed by atoms with E-state index >= 15 is 0 Å². The Morgan fingerprint density at radius 1 is 1.31 bits per heavy atom. The summed E-state index contributed by atoms with van der Waals surface area (Å²) >= 11 is 3.94. The van der Waals surface area contributed by atoms with Gasteiger partial charge < -0.3 is 0 Å². The second kappa shape index (κ2) is 1.46. The maximum absolute atomic E-state index is 12.1. The molecule has 0 spiro atoms.